The van der Waals surface area contributed by atoms with Gasteiger partial charge in [-0.05, 0) is 211 Å². The van der Waals surface area contributed by atoms with Gasteiger partial charge >= 0.3 is 59.2 Å². The number of ether oxygens (including phenoxy) is 9. The summed E-state index contributed by atoms with van der Waals surface area (Å²) in [6.07, 6.45) is 47.9. The van der Waals surface area contributed by atoms with E-state index in [1.54, 1.807) is 25.5 Å². The molecule has 4 aromatic carbocycles. The number of Topliss-reactive ketones (excluding diaryl/α,β-unsaturated/α-hetero) is 1. The molecule has 25 nitrogen and oxygen atoms in total. The van der Waals surface area contributed by atoms with Crippen LogP contribution in [0.25, 0.3) is 10.8 Å². The molecule has 0 spiro atoms. The molecule has 0 saturated heterocycles. The van der Waals surface area contributed by atoms with Crippen LogP contribution in [0.2, 0.25) is 0 Å². The Morgan fingerprint density at radius 2 is 1.02 bits per heavy atom. The molecule has 5 N–H and O–H groups in total. The molecule has 0 amide bonds. The fraction of sp³-hybridized carbons (Fsp3) is 0.557. The number of alkyl halides is 1. The molecule has 7 heterocycles. The van der Waals surface area contributed by atoms with Gasteiger partial charge in [0.25, 0.3) is 0 Å². The van der Waals surface area contributed by atoms with Crippen LogP contribution < -0.4 is 22.7 Å². The number of allylic oxidation sites excluding steroid dienone is 3. The molecule has 8 fully saturated rings. The summed E-state index contributed by atoms with van der Waals surface area (Å²) in [5.41, 5.74) is 9.86. The van der Waals surface area contributed by atoms with Gasteiger partial charge in [-0.15, -0.1) is 0 Å². The summed E-state index contributed by atoms with van der Waals surface area (Å²) in [5.74, 6) is 1.19. The summed E-state index contributed by atoms with van der Waals surface area (Å²) in [5, 5.41) is 30.1. The molecular weight excluding hydrogens is 1940 g/mol. The van der Waals surface area contributed by atoms with Gasteiger partial charge < -0.3 is 87.1 Å². The van der Waals surface area contributed by atoms with E-state index in [0.29, 0.717) is 63.1 Å². The Bertz CT molecular complexity index is 4420. The standard InChI is InChI=1S/C21H18N2O2.C12H13N.C11H16O3.C10H16O2.C10H14O2.2C9H12O3.C7H10O3.C3H5Br.C3H5.2CO2.BrH.Mg.6H2S/c1-3-7-14-12(5-1)9-16-20(14)22-18(24-16)11-19-23-21-15-8-4-2-6-13(15)10-17(21)25-19;1-9(13)11-8-4-6-10-5-2-3-7-12(10)11;1-2-13-10(12)11(9-5-6-9)7-3-4-8-14-11;2*1-2-10(8-3-4-8)7-9(11)5-6-12-10;2*10-8(11)9(7-3-4-7)5-1-2-6-12-9;1-2-10-7(9)6(8)5-3-4-5;4-3-1-2-3;1-2-3-1;2*2-1-3;;;;;;;;/h1-8,16-17,20-21H,9-11H2;2-9H,13H2,1H3;3-4,9H,2,5-8H2,1H3;5-6,8-9,11H,2-4,7H2,1H3;5-6,8H,2-4,7H2,1H3;2*2,6-7H,1,3-5H2,(H,10,11);5H,2-4H2,1H3;3H,1-2H2;1H,2-3H2;;;1H;;6*1H2/q;;;;;;;;;-1;;;;+2;;;;;;/p-1/t16-,17-,20+,21+;9-;11-;9?,10-;10-;2*9-;;;;;;;;;;;;;/m0000000............./s1. The van der Waals surface area contributed by atoms with Gasteiger partial charge in [0.2, 0.25) is 17.0 Å². The molecule has 0 radical (unpaired) electrons. The first-order valence-corrected chi connectivity index (χ1v) is 44.9. The number of fused-ring (bicyclic) bond motifs is 7. The molecule has 11 atom stereocenters. The second-order valence-electron chi connectivity index (χ2n) is 33.7. The van der Waals surface area contributed by atoms with Crippen molar-refractivity contribution in [2.45, 2.75) is 284 Å². The maximum atomic E-state index is 11.8. The molecule has 17 aliphatic rings. The molecule has 10 aliphatic carbocycles. The molecule has 7 aliphatic heterocycles. The topological polar surface area (TPSA) is 365 Å². The number of carboxylic acid groups (broad SMARTS) is 2. The van der Waals surface area contributed by atoms with Crippen molar-refractivity contribution >= 4 is 190 Å². The molecular formula is C97H133Br2MgN3O22S6. The monoisotopic (exact) mass is 2070 g/mol. The summed E-state index contributed by atoms with van der Waals surface area (Å²) < 4.78 is 49.3. The van der Waals surface area contributed by atoms with E-state index in [1.165, 1.54) is 109 Å². The van der Waals surface area contributed by atoms with Crippen LogP contribution in [0.4, 0.5) is 0 Å². The predicted molar refractivity (Wildman–Crippen MR) is 529 cm³/mol. The second-order valence-corrected chi connectivity index (χ2v) is 35.0. The van der Waals surface area contributed by atoms with E-state index in [-0.39, 0.29) is 223 Å². The third kappa shape index (κ3) is 35.0. The SMILES string of the molecule is BrC1CC1.CCOC(=O)C(=O)C1CC1.CCOC(=O)[C@@]1(C2CC2)CC=CCO1.CC[C@@]1(C2CC2)CC(=O)C=CO1.CC[C@@]1(C2CC2)CC(O)C=CO1.C[C@H](N)c1cccc2ccccc12.O=C(O)[C@@]1(C2CC2)CCC=CO1.O=C(O)[C@@]1(C2CC2)CCC=CO1.O=C=O.O=C=O.S.S.S.S.S.S.[Br-].[CH-]1CC1.[Mg+2].c1ccc2c(c1)C[C@@H]1OC(CC3=N[C@@H]4c5ccccc5C[C@@H]4O3)=N[C@H]21. The van der Waals surface area contributed by atoms with Crippen molar-refractivity contribution in [3.63, 3.8) is 0 Å². The van der Waals surface area contributed by atoms with Crippen molar-refractivity contribution in [3.8, 4) is 0 Å². The minimum Gasteiger partial charge on any atom is -1.00 e. The van der Waals surface area contributed by atoms with Crippen LogP contribution in [0, 0.1) is 41.9 Å². The van der Waals surface area contributed by atoms with Gasteiger partial charge in [0.15, 0.2) is 23.2 Å². The van der Waals surface area contributed by atoms with Crippen molar-refractivity contribution < 1.29 is 123 Å². The fourth-order valence-electron chi connectivity index (χ4n) is 16.7. The average Bonchev–Trinajstić information content (AvgIpc) is 1.61. The number of aliphatic hydroxyl groups is 1. The van der Waals surface area contributed by atoms with Gasteiger partial charge in [0.05, 0.1) is 63.8 Å². The Morgan fingerprint density at radius 3 is 1.40 bits per heavy atom. The molecule has 21 rings (SSSR count). The largest absolute Gasteiger partial charge is 2.00 e. The first kappa shape index (κ1) is 121. The predicted octanol–water partition coefficient (Wildman–Crippen LogP) is 14.3. The van der Waals surface area contributed by atoms with Gasteiger partial charge in [0.1, 0.15) is 35.5 Å². The molecule has 0 bridgehead atoms. The Kier molecular flexibility index (Phi) is 54.3. The summed E-state index contributed by atoms with van der Waals surface area (Å²) >= 11 is 3.38. The molecule has 34 heteroatoms. The third-order valence-electron chi connectivity index (χ3n) is 24.5. The van der Waals surface area contributed by atoms with Crippen LogP contribution in [-0.4, -0.2) is 169 Å². The summed E-state index contributed by atoms with van der Waals surface area (Å²) in [4.78, 5) is 110. The Hall–Kier alpha value is -6.33. The van der Waals surface area contributed by atoms with E-state index in [1.807, 2.05) is 50.3 Å². The molecule has 131 heavy (non-hydrogen) atoms. The van der Waals surface area contributed by atoms with Gasteiger partial charge in [0, 0.05) is 73.2 Å². The molecule has 8 saturated carbocycles. The molecule has 1 unspecified atom stereocenters. The number of aliphatic hydroxyl groups excluding tert-OH is 1. The maximum absolute atomic E-state index is 11.8. The van der Waals surface area contributed by atoms with Crippen molar-refractivity contribution in [1.82, 2.24) is 0 Å². The normalized spacial score (nSPS) is 26.5. The average molecular weight is 2070 g/mol. The van der Waals surface area contributed by atoms with Crippen molar-refractivity contribution in [2.75, 3.05) is 19.8 Å². The van der Waals surface area contributed by atoms with Crippen LogP contribution in [0.5, 0.6) is 0 Å². The van der Waals surface area contributed by atoms with E-state index in [4.69, 9.17) is 83.0 Å². The fourth-order valence-corrected chi connectivity index (χ4v) is 16.9. The Morgan fingerprint density at radius 1 is 0.573 bits per heavy atom. The van der Waals surface area contributed by atoms with Crippen LogP contribution in [0.15, 0.2) is 162 Å². The number of halogens is 2. The number of aliphatic imine (C=N–C) groups is 2. The molecule has 4 aromatic rings. The number of nitrogens with two attached hydrogens (primary N) is 1. The minimum atomic E-state index is -0.880. The van der Waals surface area contributed by atoms with Crippen molar-refractivity contribution in [2.24, 2.45) is 51.2 Å². The number of hydrogen-bond acceptors (Lipinski definition) is 23. The van der Waals surface area contributed by atoms with Crippen LogP contribution >= 0.6 is 96.9 Å². The molecule has 0 aromatic heterocycles. The van der Waals surface area contributed by atoms with E-state index in [2.05, 4.69) is 120 Å². The van der Waals surface area contributed by atoms with E-state index >= 15 is 0 Å². The first-order valence-electron chi connectivity index (χ1n) is 43.9. The number of ketones is 2. The Balaban J connectivity index is 0.000000500. The van der Waals surface area contributed by atoms with Crippen molar-refractivity contribution in [3.05, 3.63) is 187 Å². The van der Waals surface area contributed by atoms with Gasteiger partial charge in [-0.25, -0.2) is 42.0 Å². The number of nitrogens with zero attached hydrogens (tertiary/aromatic N) is 2. The summed E-state index contributed by atoms with van der Waals surface area (Å²) in [6.45, 7) is 11.0. The number of benzene rings is 4. The maximum Gasteiger partial charge on any atom is 2.00 e. The first-order chi connectivity index (χ1) is 59.5. The second kappa shape index (κ2) is 59.0. The summed E-state index contributed by atoms with van der Waals surface area (Å²) in [6, 6.07) is 32.0. The Labute approximate surface area is 847 Å². The van der Waals surface area contributed by atoms with Crippen LogP contribution in [0.3, 0.4) is 0 Å². The smallest absolute Gasteiger partial charge is 1.00 e. The van der Waals surface area contributed by atoms with Gasteiger partial charge in [-0.3, -0.25) is 9.59 Å². The third-order valence-corrected chi connectivity index (χ3v) is 25.4. The van der Waals surface area contributed by atoms with E-state index < -0.39 is 34.7 Å². The number of aliphatic carboxylic acids is 2. The van der Waals surface area contributed by atoms with E-state index in [0.717, 1.165) is 113 Å². The van der Waals surface area contributed by atoms with Crippen LogP contribution in [0.1, 0.15) is 248 Å². The van der Waals surface area contributed by atoms with Crippen LogP contribution in [-0.2, 0) is 103 Å². The number of hydrogen-bond donors (Lipinski definition) is 4. The zero-order valence-electron chi connectivity index (χ0n) is 75.5. The minimum absolute atomic E-state index is 0. The number of carbonyl (C=O) groups is 6. The molecule has 720 valence electrons. The zero-order valence-corrected chi connectivity index (χ0v) is 86.1. The number of esters is 2. The van der Waals surface area contributed by atoms with Gasteiger partial charge in [-0.1, -0.05) is 133 Å². The zero-order chi connectivity index (χ0) is 88.2. The van der Waals surface area contributed by atoms with E-state index in [9.17, 15) is 33.9 Å². The quantitative estimate of drug-likeness (QED) is 0.0190. The van der Waals surface area contributed by atoms with Crippen molar-refractivity contribution in [1.29, 1.82) is 0 Å². The summed E-state index contributed by atoms with van der Waals surface area (Å²) in [7, 11) is 0. The number of carbonyl (C=O) groups excluding carboxylic acids is 8. The number of carboxylic acids is 2. The number of rotatable bonds is 17. The van der Waals surface area contributed by atoms with Gasteiger partial charge in [-0.2, -0.15) is 100 Å².